The lowest BCUT2D eigenvalue weighted by atomic mass is 10.1. The van der Waals surface area contributed by atoms with Crippen molar-refractivity contribution in [2.24, 2.45) is 5.92 Å². The highest BCUT2D eigenvalue weighted by atomic mass is 19.3. The van der Waals surface area contributed by atoms with Crippen LogP contribution in [0.5, 0.6) is 5.75 Å². The van der Waals surface area contributed by atoms with Crippen LogP contribution in [-0.4, -0.2) is 51.4 Å². The van der Waals surface area contributed by atoms with Gasteiger partial charge in [0.1, 0.15) is 12.4 Å². The molecule has 2 aromatic heterocycles. The van der Waals surface area contributed by atoms with Crippen molar-refractivity contribution in [2.75, 3.05) is 23.8 Å². The Hall–Kier alpha value is -4.13. The lowest BCUT2D eigenvalue weighted by Crippen LogP contribution is -2.38. The Bertz CT molecular complexity index is 1260. The summed E-state index contributed by atoms with van der Waals surface area (Å²) in [7, 11) is 0. The maximum atomic E-state index is 13.0. The number of halogens is 2. The number of anilines is 3. The van der Waals surface area contributed by atoms with Gasteiger partial charge in [-0.25, -0.2) is 14.2 Å². The molecular formula is C24H28F2N8O3. The molecule has 4 rings (SSSR count). The van der Waals surface area contributed by atoms with Crippen LogP contribution in [0, 0.1) is 5.92 Å². The number of hydrogen-bond donors (Lipinski definition) is 4. The van der Waals surface area contributed by atoms with Gasteiger partial charge in [0.15, 0.2) is 11.5 Å². The molecule has 1 aliphatic rings. The summed E-state index contributed by atoms with van der Waals surface area (Å²) in [6.07, 6.45) is 2.44. The Morgan fingerprint density at radius 3 is 2.62 bits per heavy atom. The van der Waals surface area contributed by atoms with Gasteiger partial charge >= 0.3 is 0 Å². The average Bonchev–Trinajstić information content (AvgIpc) is 3.64. The largest absolute Gasteiger partial charge is 0.485 e. The molecule has 0 atom stereocenters. The predicted molar refractivity (Wildman–Crippen MR) is 133 cm³/mol. The normalized spacial score (nSPS) is 12.9. The average molecular weight is 515 g/mol. The number of nitrogens with one attached hydrogen (secondary N) is 4. The first-order valence-electron chi connectivity index (χ1n) is 11.9. The highest BCUT2D eigenvalue weighted by Gasteiger charge is 2.30. The molecule has 4 N–H and O–H groups in total. The smallest absolute Gasteiger partial charge is 0.288 e. The van der Waals surface area contributed by atoms with Crippen LogP contribution in [0.1, 0.15) is 37.2 Å². The molecule has 0 unspecified atom stereocenters. The van der Waals surface area contributed by atoms with E-state index in [2.05, 4.69) is 36.8 Å². The Labute approximate surface area is 212 Å². The van der Waals surface area contributed by atoms with Crippen LogP contribution in [0.2, 0.25) is 0 Å². The molecule has 2 amide bonds. The summed E-state index contributed by atoms with van der Waals surface area (Å²) in [5, 5.41) is 17.9. The van der Waals surface area contributed by atoms with E-state index in [4.69, 9.17) is 4.74 Å². The summed E-state index contributed by atoms with van der Waals surface area (Å²) in [5.74, 6) is -0.522. The van der Waals surface area contributed by atoms with Crippen LogP contribution >= 0.6 is 0 Å². The van der Waals surface area contributed by atoms with Crippen LogP contribution in [0.15, 0.2) is 36.7 Å². The fraction of sp³-hybridized carbons (Fsp3) is 0.375. The zero-order chi connectivity index (χ0) is 26.4. The number of nitrogens with zero attached hydrogens (tertiary/aromatic N) is 4. The third kappa shape index (κ3) is 6.76. The summed E-state index contributed by atoms with van der Waals surface area (Å²) < 4.78 is 33.2. The molecule has 1 aliphatic carbocycles. The first-order valence-corrected chi connectivity index (χ1v) is 11.9. The topological polar surface area (TPSA) is 135 Å². The number of rotatable bonds is 12. The van der Waals surface area contributed by atoms with E-state index in [1.54, 1.807) is 36.0 Å². The summed E-state index contributed by atoms with van der Waals surface area (Å²) >= 11 is 0. The van der Waals surface area contributed by atoms with Crippen molar-refractivity contribution in [2.45, 2.75) is 39.7 Å². The zero-order valence-corrected chi connectivity index (χ0v) is 20.4. The fourth-order valence-electron chi connectivity index (χ4n) is 3.43. The van der Waals surface area contributed by atoms with Gasteiger partial charge in [0, 0.05) is 36.8 Å². The SMILES string of the molecule is CCNNC(=O)c1nnc(NC(=O)C2CC2)cc1Nc1ccc(-c2cnn(CC)c2)cc1OCC(F)F. The van der Waals surface area contributed by atoms with E-state index in [9.17, 15) is 18.4 Å². The van der Waals surface area contributed by atoms with Crippen molar-refractivity contribution in [1.82, 2.24) is 30.8 Å². The summed E-state index contributed by atoms with van der Waals surface area (Å²) in [5.41, 5.74) is 7.15. The summed E-state index contributed by atoms with van der Waals surface area (Å²) in [6.45, 7) is 4.09. The Morgan fingerprint density at radius 2 is 1.95 bits per heavy atom. The van der Waals surface area contributed by atoms with E-state index < -0.39 is 18.9 Å². The minimum atomic E-state index is -2.69. The van der Waals surface area contributed by atoms with Crippen LogP contribution in [0.25, 0.3) is 11.1 Å². The number of hydrogen-bond acceptors (Lipinski definition) is 8. The van der Waals surface area contributed by atoms with Gasteiger partial charge in [0.2, 0.25) is 5.91 Å². The van der Waals surface area contributed by atoms with Crippen molar-refractivity contribution in [3.63, 3.8) is 0 Å². The molecule has 196 valence electrons. The number of alkyl halides is 2. The van der Waals surface area contributed by atoms with Gasteiger partial charge in [-0.15, -0.1) is 10.2 Å². The van der Waals surface area contributed by atoms with Gasteiger partial charge in [-0.05, 0) is 37.5 Å². The van der Waals surface area contributed by atoms with Crippen molar-refractivity contribution < 1.29 is 23.1 Å². The van der Waals surface area contributed by atoms with Crippen LogP contribution in [0.3, 0.4) is 0 Å². The maximum absolute atomic E-state index is 13.0. The molecule has 0 aliphatic heterocycles. The molecular weight excluding hydrogens is 486 g/mol. The highest BCUT2D eigenvalue weighted by Crippen LogP contribution is 2.35. The van der Waals surface area contributed by atoms with Crippen LogP contribution in [-0.2, 0) is 11.3 Å². The number of aromatic nitrogens is 4. The summed E-state index contributed by atoms with van der Waals surface area (Å²) in [6, 6.07) is 6.50. The highest BCUT2D eigenvalue weighted by molar-refractivity contribution is 5.99. The Balaban J connectivity index is 1.67. The van der Waals surface area contributed by atoms with Gasteiger partial charge in [-0.1, -0.05) is 13.0 Å². The third-order valence-corrected chi connectivity index (χ3v) is 5.49. The molecule has 37 heavy (non-hydrogen) atoms. The van der Waals surface area contributed by atoms with Crippen LogP contribution < -0.4 is 26.2 Å². The number of amides is 2. The lowest BCUT2D eigenvalue weighted by molar-refractivity contribution is -0.117. The van der Waals surface area contributed by atoms with E-state index in [0.717, 1.165) is 18.4 Å². The minimum Gasteiger partial charge on any atom is -0.485 e. The molecule has 13 heteroatoms. The number of carbonyl (C=O) groups is 2. The number of carbonyl (C=O) groups excluding carboxylic acids is 2. The van der Waals surface area contributed by atoms with Crippen molar-refractivity contribution in [3.8, 4) is 16.9 Å². The van der Waals surface area contributed by atoms with Gasteiger partial charge in [0.05, 0.1) is 17.6 Å². The predicted octanol–water partition coefficient (Wildman–Crippen LogP) is 3.35. The second kappa shape index (κ2) is 11.7. The monoisotopic (exact) mass is 514 g/mol. The van der Waals surface area contributed by atoms with Crippen LogP contribution in [0.4, 0.5) is 26.0 Å². The van der Waals surface area contributed by atoms with E-state index in [1.807, 2.05) is 13.1 Å². The van der Waals surface area contributed by atoms with E-state index >= 15 is 0 Å². The zero-order valence-electron chi connectivity index (χ0n) is 20.4. The third-order valence-electron chi connectivity index (χ3n) is 5.49. The van der Waals surface area contributed by atoms with E-state index in [1.165, 1.54) is 6.07 Å². The summed E-state index contributed by atoms with van der Waals surface area (Å²) in [4.78, 5) is 24.9. The first-order chi connectivity index (χ1) is 17.9. The standard InChI is InChI=1S/C24H28F2N8O3/c1-3-27-33-24(36)22-18(10-21(31-32-22)30-23(35)14-5-6-14)29-17-8-7-15(9-19(17)37-13-20(25)26)16-11-28-34(4-2)12-16/h7-12,14,20,27H,3-6,13H2,1-2H3,(H,33,36)(H2,29,30,31,35). The van der Waals surface area contributed by atoms with Gasteiger partial charge < -0.3 is 15.4 Å². The Morgan fingerprint density at radius 1 is 1.14 bits per heavy atom. The minimum absolute atomic E-state index is 0.0612. The quantitative estimate of drug-likeness (QED) is 0.270. The first kappa shape index (κ1) is 25.9. The molecule has 0 spiro atoms. The number of ether oxygens (including phenoxy) is 1. The fourth-order valence-corrected chi connectivity index (χ4v) is 3.43. The van der Waals surface area contributed by atoms with Gasteiger partial charge in [0.25, 0.3) is 12.3 Å². The number of hydrazine groups is 1. The van der Waals surface area contributed by atoms with Gasteiger partial charge in [-0.2, -0.15) is 5.10 Å². The second-order valence-corrected chi connectivity index (χ2v) is 8.36. The number of aryl methyl sites for hydroxylation is 1. The molecule has 1 aromatic carbocycles. The molecule has 11 nitrogen and oxygen atoms in total. The molecule has 3 aromatic rings. The van der Waals surface area contributed by atoms with Crippen molar-refractivity contribution >= 4 is 29.0 Å². The van der Waals surface area contributed by atoms with Gasteiger partial charge in [-0.3, -0.25) is 19.7 Å². The van der Waals surface area contributed by atoms with Crippen molar-refractivity contribution in [3.05, 3.63) is 42.4 Å². The molecule has 0 radical (unpaired) electrons. The molecule has 1 saturated carbocycles. The van der Waals surface area contributed by atoms with Crippen molar-refractivity contribution in [1.29, 1.82) is 0 Å². The van der Waals surface area contributed by atoms with E-state index in [-0.39, 0.29) is 34.8 Å². The number of benzene rings is 1. The Kier molecular flexibility index (Phi) is 8.23. The molecule has 0 bridgehead atoms. The van der Waals surface area contributed by atoms with E-state index in [0.29, 0.717) is 24.3 Å². The molecule has 2 heterocycles. The second-order valence-electron chi connectivity index (χ2n) is 8.36. The maximum Gasteiger partial charge on any atom is 0.288 e. The molecule has 0 saturated heterocycles. The molecule has 1 fully saturated rings. The lowest BCUT2D eigenvalue weighted by Gasteiger charge is -2.17.